The van der Waals surface area contributed by atoms with Gasteiger partial charge in [0.15, 0.2) is 0 Å². The minimum absolute atomic E-state index is 0.137. The zero-order valence-corrected chi connectivity index (χ0v) is 14.6. The highest BCUT2D eigenvalue weighted by Gasteiger charge is 2.26. The average Bonchev–Trinajstić information content (AvgIpc) is 2.60. The summed E-state index contributed by atoms with van der Waals surface area (Å²) in [5.41, 5.74) is 0.482. The van der Waals surface area contributed by atoms with Gasteiger partial charge in [-0.25, -0.2) is 8.42 Å². The molecule has 0 aliphatic heterocycles. The van der Waals surface area contributed by atoms with Crippen LogP contribution in [0, 0.1) is 0 Å². The van der Waals surface area contributed by atoms with Crippen LogP contribution in [-0.4, -0.2) is 28.7 Å². The number of hydrogen-bond acceptors (Lipinski definition) is 4. The molecule has 6 heteroatoms. The highest BCUT2D eigenvalue weighted by Crippen LogP contribution is 2.32. The van der Waals surface area contributed by atoms with Crippen LogP contribution >= 0.6 is 0 Å². The fourth-order valence-electron chi connectivity index (χ4n) is 2.26. The van der Waals surface area contributed by atoms with Crippen LogP contribution < -0.4 is 13.8 Å². The van der Waals surface area contributed by atoms with Crippen LogP contribution in [0.5, 0.6) is 11.5 Å². The van der Waals surface area contributed by atoms with Gasteiger partial charge >= 0.3 is 0 Å². The zero-order valence-electron chi connectivity index (χ0n) is 13.8. The summed E-state index contributed by atoms with van der Waals surface area (Å²) in [5, 5.41) is 0. The van der Waals surface area contributed by atoms with Crippen molar-refractivity contribution in [3.8, 4) is 11.5 Å². The molecular weight excluding hydrogens is 326 g/mol. The largest absolute Gasteiger partial charge is 0.497 e. The number of ether oxygens (including phenoxy) is 2. The molecule has 0 spiro atoms. The van der Waals surface area contributed by atoms with E-state index in [1.807, 2.05) is 6.92 Å². The number of para-hydroxylation sites is 2. The third-order valence-corrected chi connectivity index (χ3v) is 5.17. The van der Waals surface area contributed by atoms with Crippen molar-refractivity contribution in [2.45, 2.75) is 11.8 Å². The molecule has 0 bridgehead atoms. The van der Waals surface area contributed by atoms with Gasteiger partial charge in [0.05, 0.1) is 30.8 Å². The number of anilines is 1. The smallest absolute Gasteiger partial charge is 0.264 e. The summed E-state index contributed by atoms with van der Waals surface area (Å²) in [6, 6.07) is 13.3. The molecule has 0 aliphatic rings. The fraction of sp³-hybridized carbons (Fsp3) is 0.222. The van der Waals surface area contributed by atoms with Crippen LogP contribution in [0.15, 0.2) is 66.1 Å². The lowest BCUT2D eigenvalue weighted by Crippen LogP contribution is -2.31. The van der Waals surface area contributed by atoms with Crippen molar-refractivity contribution in [3.63, 3.8) is 0 Å². The summed E-state index contributed by atoms with van der Waals surface area (Å²) in [6.07, 6.45) is 1.55. The lowest BCUT2D eigenvalue weighted by atomic mass is 10.3. The molecule has 0 unspecified atom stereocenters. The van der Waals surface area contributed by atoms with Crippen LogP contribution in [0.25, 0.3) is 0 Å². The Morgan fingerprint density at radius 1 is 1.12 bits per heavy atom. The van der Waals surface area contributed by atoms with E-state index in [4.69, 9.17) is 9.47 Å². The Morgan fingerprint density at radius 3 is 2.38 bits per heavy atom. The van der Waals surface area contributed by atoms with Crippen molar-refractivity contribution in [2.75, 3.05) is 24.6 Å². The molecule has 0 aliphatic carbocycles. The standard InChI is InChI=1S/C18H21NO4S/c1-4-14-19(17-8-6-7-9-18(17)23-5-2)24(20,21)16-12-10-15(22-3)11-13-16/h4,6-13H,1,5,14H2,2-3H3. The van der Waals surface area contributed by atoms with Crippen molar-refractivity contribution in [1.82, 2.24) is 0 Å². The fourth-order valence-corrected chi connectivity index (χ4v) is 3.70. The Kier molecular flexibility index (Phi) is 5.87. The molecule has 128 valence electrons. The SMILES string of the molecule is C=CCN(c1ccccc1OCC)S(=O)(=O)c1ccc(OC)cc1. The second kappa shape index (κ2) is 7.88. The lowest BCUT2D eigenvalue weighted by Gasteiger charge is -2.25. The Morgan fingerprint density at radius 2 is 1.79 bits per heavy atom. The van der Waals surface area contributed by atoms with Gasteiger partial charge in [0, 0.05) is 0 Å². The summed E-state index contributed by atoms with van der Waals surface area (Å²) in [6.45, 7) is 6.11. The molecule has 0 saturated heterocycles. The molecule has 0 atom stereocenters. The number of sulfonamides is 1. The van der Waals surface area contributed by atoms with Gasteiger partial charge in [-0.3, -0.25) is 4.31 Å². The van der Waals surface area contributed by atoms with Gasteiger partial charge in [-0.15, -0.1) is 6.58 Å². The molecule has 0 saturated carbocycles. The molecule has 0 heterocycles. The number of rotatable bonds is 8. The molecule has 0 fully saturated rings. The molecule has 0 radical (unpaired) electrons. The molecular formula is C18H21NO4S. The van der Waals surface area contributed by atoms with Crippen molar-refractivity contribution in [1.29, 1.82) is 0 Å². The second-order valence-electron chi connectivity index (χ2n) is 4.90. The summed E-state index contributed by atoms with van der Waals surface area (Å²) in [5.74, 6) is 1.11. The number of nitrogens with zero attached hydrogens (tertiary/aromatic N) is 1. The third kappa shape index (κ3) is 3.71. The number of benzene rings is 2. The molecule has 5 nitrogen and oxygen atoms in total. The van der Waals surface area contributed by atoms with E-state index >= 15 is 0 Å². The zero-order chi connectivity index (χ0) is 17.6. The average molecular weight is 347 g/mol. The molecule has 2 rings (SSSR count). The first-order valence-corrected chi connectivity index (χ1v) is 8.98. The lowest BCUT2D eigenvalue weighted by molar-refractivity contribution is 0.341. The van der Waals surface area contributed by atoms with Gasteiger partial charge < -0.3 is 9.47 Å². The third-order valence-electron chi connectivity index (χ3n) is 3.38. The minimum Gasteiger partial charge on any atom is -0.497 e. The van der Waals surface area contributed by atoms with Crippen molar-refractivity contribution < 1.29 is 17.9 Å². The van der Waals surface area contributed by atoms with E-state index in [1.165, 1.54) is 23.5 Å². The number of hydrogen-bond donors (Lipinski definition) is 0. The van der Waals surface area contributed by atoms with Crippen molar-refractivity contribution in [3.05, 3.63) is 61.2 Å². The maximum absolute atomic E-state index is 13.1. The molecule has 2 aromatic carbocycles. The van der Waals surface area contributed by atoms with Gasteiger partial charge in [-0.1, -0.05) is 18.2 Å². The maximum Gasteiger partial charge on any atom is 0.264 e. The normalized spacial score (nSPS) is 10.9. The van der Waals surface area contributed by atoms with E-state index < -0.39 is 10.0 Å². The van der Waals surface area contributed by atoms with Gasteiger partial charge in [0.25, 0.3) is 10.0 Å². The molecule has 0 N–H and O–H groups in total. The van der Waals surface area contributed by atoms with Crippen LogP contribution in [0.2, 0.25) is 0 Å². The first kappa shape index (κ1) is 17.9. The van der Waals surface area contributed by atoms with Gasteiger partial charge in [0.2, 0.25) is 0 Å². The Labute approximate surface area is 143 Å². The van der Waals surface area contributed by atoms with Crippen molar-refractivity contribution >= 4 is 15.7 Å². The van der Waals surface area contributed by atoms with E-state index in [0.29, 0.717) is 23.8 Å². The highest BCUT2D eigenvalue weighted by molar-refractivity contribution is 7.92. The van der Waals surface area contributed by atoms with Crippen LogP contribution in [0.1, 0.15) is 6.92 Å². The van der Waals surface area contributed by atoms with E-state index in [0.717, 1.165) is 0 Å². The Bertz CT molecular complexity index is 785. The summed E-state index contributed by atoms with van der Waals surface area (Å²) in [7, 11) is -2.22. The summed E-state index contributed by atoms with van der Waals surface area (Å²) in [4.78, 5) is 0.177. The van der Waals surface area contributed by atoms with Crippen LogP contribution in [0.3, 0.4) is 0 Å². The topological polar surface area (TPSA) is 55.8 Å². The predicted octanol–water partition coefficient (Wildman–Crippen LogP) is 3.48. The van der Waals surface area contributed by atoms with Gasteiger partial charge in [-0.05, 0) is 43.3 Å². The van der Waals surface area contributed by atoms with Gasteiger partial charge in [0.1, 0.15) is 11.5 Å². The van der Waals surface area contributed by atoms with Crippen LogP contribution in [0.4, 0.5) is 5.69 Å². The van der Waals surface area contributed by atoms with E-state index in [1.54, 1.807) is 42.5 Å². The first-order valence-electron chi connectivity index (χ1n) is 7.54. The molecule has 0 amide bonds. The summed E-state index contributed by atoms with van der Waals surface area (Å²) >= 11 is 0. The van der Waals surface area contributed by atoms with Crippen LogP contribution in [-0.2, 0) is 10.0 Å². The summed E-state index contributed by atoms with van der Waals surface area (Å²) < 4.78 is 38.1. The highest BCUT2D eigenvalue weighted by atomic mass is 32.2. The van der Waals surface area contributed by atoms with Crippen molar-refractivity contribution in [2.24, 2.45) is 0 Å². The Hall–Kier alpha value is -2.47. The monoisotopic (exact) mass is 347 g/mol. The molecule has 24 heavy (non-hydrogen) atoms. The molecule has 2 aromatic rings. The van der Waals surface area contributed by atoms with E-state index in [2.05, 4.69) is 6.58 Å². The Balaban J connectivity index is 2.51. The first-order chi connectivity index (χ1) is 11.5. The van der Waals surface area contributed by atoms with Gasteiger partial charge in [-0.2, -0.15) is 0 Å². The molecule has 0 aromatic heterocycles. The quantitative estimate of drug-likeness (QED) is 0.686. The predicted molar refractivity (Wildman–Crippen MR) is 95.3 cm³/mol. The maximum atomic E-state index is 13.1. The second-order valence-corrected chi connectivity index (χ2v) is 6.76. The number of methoxy groups -OCH3 is 1. The van der Waals surface area contributed by atoms with E-state index in [-0.39, 0.29) is 11.4 Å². The minimum atomic E-state index is -3.76. The van der Waals surface area contributed by atoms with E-state index in [9.17, 15) is 8.42 Å².